The molecule has 21 heavy (non-hydrogen) atoms. The third-order valence-electron chi connectivity index (χ3n) is 3.88. The molecule has 2 aromatic rings. The van der Waals surface area contributed by atoms with Gasteiger partial charge in [0.15, 0.2) is 0 Å². The van der Waals surface area contributed by atoms with Crippen LogP contribution in [0.1, 0.15) is 35.6 Å². The van der Waals surface area contributed by atoms with Crippen molar-refractivity contribution in [3.63, 3.8) is 0 Å². The molecule has 1 unspecified atom stereocenters. The zero-order valence-corrected chi connectivity index (χ0v) is 13.1. The third-order valence-corrected chi connectivity index (χ3v) is 4.47. The molecule has 0 heterocycles. The van der Waals surface area contributed by atoms with E-state index in [1.54, 1.807) is 6.07 Å². The lowest BCUT2D eigenvalue weighted by molar-refractivity contribution is 0.305. The van der Waals surface area contributed by atoms with Gasteiger partial charge in [-0.2, -0.15) is 0 Å². The minimum atomic E-state index is 0.161. The molecule has 0 fully saturated rings. The first-order valence-corrected chi connectivity index (χ1v) is 7.84. The summed E-state index contributed by atoms with van der Waals surface area (Å²) in [6.07, 6.45) is 3.27. The predicted molar refractivity (Wildman–Crippen MR) is 87.1 cm³/mol. The molecular weight excluding hydrogens is 305 g/mol. The second-order valence-electron chi connectivity index (χ2n) is 5.38. The first kappa shape index (κ1) is 14.7. The van der Waals surface area contributed by atoms with Crippen LogP contribution in [0.4, 0.5) is 0 Å². The van der Waals surface area contributed by atoms with Crippen LogP contribution < -0.4 is 10.5 Å². The van der Waals surface area contributed by atoms with Crippen LogP contribution in [0.2, 0.25) is 10.0 Å². The van der Waals surface area contributed by atoms with Crippen LogP contribution in [-0.4, -0.2) is 0 Å². The lowest BCUT2D eigenvalue weighted by Gasteiger charge is -2.22. The second-order valence-corrected chi connectivity index (χ2v) is 6.23. The van der Waals surface area contributed by atoms with Gasteiger partial charge in [-0.1, -0.05) is 35.3 Å². The second kappa shape index (κ2) is 6.27. The Morgan fingerprint density at radius 2 is 2.00 bits per heavy atom. The van der Waals surface area contributed by atoms with Crippen molar-refractivity contribution in [2.75, 3.05) is 0 Å². The smallest absolute Gasteiger partial charge is 0.120 e. The fourth-order valence-corrected chi connectivity index (χ4v) is 3.18. The predicted octanol–water partition coefficient (Wildman–Crippen LogP) is 4.91. The Balaban J connectivity index is 1.73. The molecule has 0 radical (unpaired) electrons. The largest absolute Gasteiger partial charge is 0.489 e. The molecule has 2 N–H and O–H groups in total. The summed E-state index contributed by atoms with van der Waals surface area (Å²) < 4.78 is 5.85. The minimum absolute atomic E-state index is 0.161. The molecule has 0 spiro atoms. The number of hydrogen-bond donors (Lipinski definition) is 1. The highest BCUT2D eigenvalue weighted by atomic mass is 35.5. The Hall–Kier alpha value is -1.22. The SMILES string of the molecule is NC1CCCc2cc(OCc3ccc(Cl)cc3Cl)ccc21. The molecule has 2 nitrogen and oxygen atoms in total. The van der Waals surface area contributed by atoms with Gasteiger partial charge in [-0.05, 0) is 54.7 Å². The molecule has 0 saturated heterocycles. The molecule has 0 saturated carbocycles. The van der Waals surface area contributed by atoms with Gasteiger partial charge in [0.05, 0.1) is 0 Å². The Morgan fingerprint density at radius 1 is 1.14 bits per heavy atom. The number of nitrogens with two attached hydrogens (primary N) is 1. The Labute approximate surface area is 134 Å². The van der Waals surface area contributed by atoms with Crippen molar-refractivity contribution < 1.29 is 4.74 Å². The summed E-state index contributed by atoms with van der Waals surface area (Å²) in [6, 6.07) is 11.8. The fourth-order valence-electron chi connectivity index (χ4n) is 2.72. The van der Waals surface area contributed by atoms with Crippen LogP contribution in [0, 0.1) is 0 Å². The molecule has 1 atom stereocenters. The topological polar surface area (TPSA) is 35.2 Å². The van der Waals surface area contributed by atoms with Gasteiger partial charge in [0, 0.05) is 21.7 Å². The van der Waals surface area contributed by atoms with E-state index in [4.69, 9.17) is 33.7 Å². The average Bonchev–Trinajstić information content (AvgIpc) is 2.46. The van der Waals surface area contributed by atoms with E-state index < -0.39 is 0 Å². The summed E-state index contributed by atoms with van der Waals surface area (Å²) >= 11 is 12.0. The molecule has 3 rings (SSSR count). The summed E-state index contributed by atoms with van der Waals surface area (Å²) in [4.78, 5) is 0. The Morgan fingerprint density at radius 3 is 2.81 bits per heavy atom. The summed E-state index contributed by atoms with van der Waals surface area (Å²) in [7, 11) is 0. The van der Waals surface area contributed by atoms with Crippen molar-refractivity contribution in [1.29, 1.82) is 0 Å². The molecule has 0 aromatic heterocycles. The van der Waals surface area contributed by atoms with Gasteiger partial charge in [0.2, 0.25) is 0 Å². The van der Waals surface area contributed by atoms with Crippen molar-refractivity contribution in [1.82, 2.24) is 0 Å². The number of fused-ring (bicyclic) bond motifs is 1. The minimum Gasteiger partial charge on any atom is -0.489 e. The van der Waals surface area contributed by atoms with E-state index in [1.165, 1.54) is 11.1 Å². The Kier molecular flexibility index (Phi) is 4.39. The fraction of sp³-hybridized carbons (Fsp3) is 0.294. The quantitative estimate of drug-likeness (QED) is 0.871. The first-order valence-electron chi connectivity index (χ1n) is 7.08. The van der Waals surface area contributed by atoms with Gasteiger partial charge in [0.25, 0.3) is 0 Å². The molecule has 1 aliphatic carbocycles. The van der Waals surface area contributed by atoms with Crippen LogP contribution >= 0.6 is 23.2 Å². The zero-order valence-electron chi connectivity index (χ0n) is 11.6. The van der Waals surface area contributed by atoms with E-state index in [2.05, 4.69) is 12.1 Å². The van der Waals surface area contributed by atoms with Crippen LogP contribution in [-0.2, 0) is 13.0 Å². The van der Waals surface area contributed by atoms with Crippen LogP contribution in [0.15, 0.2) is 36.4 Å². The number of ether oxygens (including phenoxy) is 1. The Bertz CT molecular complexity index is 657. The molecule has 2 aromatic carbocycles. The number of halogens is 2. The maximum atomic E-state index is 6.15. The maximum absolute atomic E-state index is 6.15. The molecule has 1 aliphatic rings. The number of benzene rings is 2. The van der Waals surface area contributed by atoms with Crippen molar-refractivity contribution in [3.05, 3.63) is 63.1 Å². The highest BCUT2D eigenvalue weighted by molar-refractivity contribution is 6.35. The van der Waals surface area contributed by atoms with Gasteiger partial charge in [-0.25, -0.2) is 0 Å². The standard InChI is InChI=1S/C17H17Cl2NO/c18-13-5-4-12(16(19)9-13)10-21-14-6-7-15-11(8-14)2-1-3-17(15)20/h4-9,17H,1-3,10,20H2. The normalized spacial score (nSPS) is 17.4. The molecule has 0 amide bonds. The monoisotopic (exact) mass is 321 g/mol. The van der Waals surface area contributed by atoms with Gasteiger partial charge in [0.1, 0.15) is 12.4 Å². The zero-order chi connectivity index (χ0) is 14.8. The van der Waals surface area contributed by atoms with Crippen molar-refractivity contribution in [2.45, 2.75) is 31.9 Å². The lowest BCUT2D eigenvalue weighted by Crippen LogP contribution is -2.17. The van der Waals surface area contributed by atoms with E-state index in [0.29, 0.717) is 16.7 Å². The third kappa shape index (κ3) is 3.34. The summed E-state index contributed by atoms with van der Waals surface area (Å²) in [6.45, 7) is 0.431. The van der Waals surface area contributed by atoms with E-state index in [-0.39, 0.29) is 6.04 Å². The van der Waals surface area contributed by atoms with Crippen molar-refractivity contribution >= 4 is 23.2 Å². The van der Waals surface area contributed by atoms with Gasteiger partial charge in [-0.3, -0.25) is 0 Å². The number of hydrogen-bond acceptors (Lipinski definition) is 2. The highest BCUT2D eigenvalue weighted by Crippen LogP contribution is 2.31. The van der Waals surface area contributed by atoms with E-state index in [9.17, 15) is 0 Å². The molecule has 0 aliphatic heterocycles. The van der Waals surface area contributed by atoms with E-state index in [0.717, 1.165) is 30.6 Å². The van der Waals surface area contributed by atoms with E-state index >= 15 is 0 Å². The average molecular weight is 322 g/mol. The molecule has 4 heteroatoms. The molecule has 0 bridgehead atoms. The summed E-state index contributed by atoms with van der Waals surface area (Å²) in [5.41, 5.74) is 9.60. The van der Waals surface area contributed by atoms with Gasteiger partial charge in [-0.15, -0.1) is 0 Å². The highest BCUT2D eigenvalue weighted by Gasteiger charge is 2.17. The summed E-state index contributed by atoms with van der Waals surface area (Å²) in [5.74, 6) is 0.855. The van der Waals surface area contributed by atoms with Crippen molar-refractivity contribution in [3.8, 4) is 5.75 Å². The number of aryl methyl sites for hydroxylation is 1. The van der Waals surface area contributed by atoms with E-state index in [1.807, 2.05) is 18.2 Å². The molecule has 110 valence electrons. The molecular formula is C17H17Cl2NO. The van der Waals surface area contributed by atoms with Crippen molar-refractivity contribution in [2.24, 2.45) is 5.73 Å². The van der Waals surface area contributed by atoms with Crippen LogP contribution in [0.25, 0.3) is 0 Å². The lowest BCUT2D eigenvalue weighted by atomic mass is 9.88. The number of rotatable bonds is 3. The first-order chi connectivity index (χ1) is 10.1. The maximum Gasteiger partial charge on any atom is 0.120 e. The van der Waals surface area contributed by atoms with Crippen LogP contribution in [0.5, 0.6) is 5.75 Å². The van der Waals surface area contributed by atoms with Crippen LogP contribution in [0.3, 0.4) is 0 Å². The summed E-state index contributed by atoms with van der Waals surface area (Å²) in [5, 5.41) is 1.26. The van der Waals surface area contributed by atoms with Gasteiger partial charge < -0.3 is 10.5 Å². The van der Waals surface area contributed by atoms with Gasteiger partial charge >= 0.3 is 0 Å².